The second kappa shape index (κ2) is 2.80. The minimum absolute atomic E-state index is 0.716. The molecule has 0 unspecified atom stereocenters. The predicted molar refractivity (Wildman–Crippen MR) is 51.5 cm³/mol. The molecular weight excluding hydrogens is 187 g/mol. The first-order valence-corrected chi connectivity index (χ1v) is 14.2. The molecule has 0 atom stereocenters. The zero-order chi connectivity index (χ0) is 7.71. The van der Waals surface area contributed by atoms with Crippen LogP contribution in [0.4, 0.5) is 0 Å². The quantitative estimate of drug-likeness (QED) is 0.610. The molecule has 0 aliphatic heterocycles. The third-order valence-corrected chi connectivity index (χ3v) is 14.8. The first-order valence-electron chi connectivity index (χ1n) is 3.51. The molecular formula is C7H20AsSi+. The van der Waals surface area contributed by atoms with Gasteiger partial charge in [0.1, 0.15) is 0 Å². The van der Waals surface area contributed by atoms with Gasteiger partial charge >= 0.3 is 63.2 Å². The van der Waals surface area contributed by atoms with Gasteiger partial charge in [-0.2, -0.15) is 0 Å². The summed E-state index contributed by atoms with van der Waals surface area (Å²) in [6.45, 7) is 7.42. The summed E-state index contributed by atoms with van der Waals surface area (Å²) in [5, 5.41) is 0. The van der Waals surface area contributed by atoms with Crippen molar-refractivity contribution in [2.75, 3.05) is 0 Å². The van der Waals surface area contributed by atoms with E-state index in [1.165, 1.54) is 0 Å². The van der Waals surface area contributed by atoms with Gasteiger partial charge in [0, 0.05) is 0 Å². The zero-order valence-corrected chi connectivity index (χ0v) is 10.5. The molecule has 0 aliphatic rings. The van der Waals surface area contributed by atoms with Gasteiger partial charge in [-0.3, -0.25) is 0 Å². The monoisotopic (exact) mass is 207 g/mol. The Labute approximate surface area is 63.5 Å². The van der Waals surface area contributed by atoms with Crippen LogP contribution < -0.4 is 0 Å². The van der Waals surface area contributed by atoms with Crippen LogP contribution in [-0.4, -0.2) is 21.6 Å². The number of hydrogen-bond donors (Lipinski definition) is 0. The van der Waals surface area contributed by atoms with Gasteiger partial charge in [0.05, 0.1) is 0 Å². The molecule has 0 saturated heterocycles. The fraction of sp³-hybridized carbons (Fsp3) is 1.00. The summed E-state index contributed by atoms with van der Waals surface area (Å²) in [5.74, 6) is 0. The molecule has 0 spiro atoms. The van der Waals surface area contributed by atoms with Gasteiger partial charge < -0.3 is 0 Å². The summed E-state index contributed by atoms with van der Waals surface area (Å²) < 4.78 is 0. The Hall–Kier alpha value is 0.775. The maximum atomic E-state index is 2.50. The average Bonchev–Trinajstić information content (AvgIpc) is 1.14. The molecule has 0 aliphatic carbocycles. The standard InChI is InChI=1S/C7H20AsSi/c1-8(2,3)7-9(4,5)6/h7H2,1-6H3/q+1. The van der Waals surface area contributed by atoms with E-state index >= 15 is 0 Å². The Morgan fingerprint density at radius 3 is 1.33 bits per heavy atom. The van der Waals surface area contributed by atoms with Gasteiger partial charge in [0.25, 0.3) is 0 Å². The summed E-state index contributed by atoms with van der Waals surface area (Å²) in [5.41, 5.74) is 7.49. The van der Waals surface area contributed by atoms with Crippen LogP contribution in [0.3, 0.4) is 0 Å². The van der Waals surface area contributed by atoms with Crippen molar-refractivity contribution in [1.82, 2.24) is 0 Å². The molecule has 56 valence electrons. The van der Waals surface area contributed by atoms with Crippen molar-refractivity contribution < 1.29 is 0 Å². The normalized spacial score (nSPS) is 14.0. The van der Waals surface area contributed by atoms with Crippen molar-refractivity contribution in [3.8, 4) is 0 Å². The van der Waals surface area contributed by atoms with Gasteiger partial charge in [-0.25, -0.2) is 0 Å². The van der Waals surface area contributed by atoms with Crippen LogP contribution in [0.5, 0.6) is 0 Å². The van der Waals surface area contributed by atoms with Crippen LogP contribution in [0.25, 0.3) is 0 Å². The zero-order valence-electron chi connectivity index (χ0n) is 7.65. The van der Waals surface area contributed by atoms with E-state index in [2.05, 4.69) is 36.8 Å². The van der Waals surface area contributed by atoms with Crippen LogP contribution in [0.1, 0.15) is 0 Å². The average molecular weight is 207 g/mol. The third kappa shape index (κ3) is 8.78. The SMILES string of the molecule is C[Si](C)(C)C[As+](C)(C)C. The van der Waals surface area contributed by atoms with E-state index < -0.39 is 21.6 Å². The summed E-state index contributed by atoms with van der Waals surface area (Å²) >= 11 is -1.03. The van der Waals surface area contributed by atoms with E-state index in [1.807, 2.05) is 0 Å². The molecule has 0 aromatic carbocycles. The topological polar surface area (TPSA) is 0 Å². The van der Waals surface area contributed by atoms with Gasteiger partial charge in [0.15, 0.2) is 0 Å². The molecule has 0 amide bonds. The van der Waals surface area contributed by atoms with Crippen LogP contribution in [0, 0.1) is 0 Å². The fourth-order valence-corrected chi connectivity index (χ4v) is 22.2. The van der Waals surface area contributed by atoms with Crippen molar-refractivity contribution in [3.63, 3.8) is 0 Å². The van der Waals surface area contributed by atoms with Crippen LogP contribution in [0.2, 0.25) is 41.6 Å². The van der Waals surface area contributed by atoms with E-state index in [-0.39, 0.29) is 0 Å². The van der Waals surface area contributed by atoms with Crippen molar-refractivity contribution in [2.24, 2.45) is 0 Å². The van der Waals surface area contributed by atoms with Gasteiger partial charge in [-0.1, -0.05) is 0 Å². The van der Waals surface area contributed by atoms with Crippen molar-refractivity contribution >= 4 is 21.6 Å². The molecule has 9 heavy (non-hydrogen) atoms. The molecule has 2 heteroatoms. The van der Waals surface area contributed by atoms with Gasteiger partial charge in [-0.15, -0.1) is 0 Å². The van der Waals surface area contributed by atoms with E-state index in [0.29, 0.717) is 0 Å². The van der Waals surface area contributed by atoms with Crippen LogP contribution in [0.15, 0.2) is 0 Å². The second-order valence-corrected chi connectivity index (χ2v) is 22.0. The van der Waals surface area contributed by atoms with Crippen molar-refractivity contribution in [1.29, 1.82) is 0 Å². The van der Waals surface area contributed by atoms with E-state index in [1.54, 1.807) is 4.83 Å². The number of hydrogen-bond acceptors (Lipinski definition) is 0. The third-order valence-electron chi connectivity index (χ3n) is 0.949. The van der Waals surface area contributed by atoms with Gasteiger partial charge in [0.2, 0.25) is 0 Å². The Kier molecular flexibility index (Phi) is 3.04. The van der Waals surface area contributed by atoms with Crippen LogP contribution >= 0.6 is 0 Å². The summed E-state index contributed by atoms with van der Waals surface area (Å²) in [4.78, 5) is 1.60. The van der Waals surface area contributed by atoms with E-state index in [9.17, 15) is 0 Å². The fourth-order valence-electron chi connectivity index (χ4n) is 1.42. The maximum absolute atomic E-state index is 2.50. The molecule has 0 heterocycles. The van der Waals surface area contributed by atoms with E-state index in [4.69, 9.17) is 0 Å². The Morgan fingerprint density at radius 2 is 1.33 bits per heavy atom. The first-order chi connectivity index (χ1) is 3.71. The predicted octanol–water partition coefficient (Wildman–Crippen LogP) is 3.20. The molecule has 0 radical (unpaired) electrons. The summed E-state index contributed by atoms with van der Waals surface area (Å²) in [6, 6.07) is 0. The molecule has 0 nitrogen and oxygen atoms in total. The summed E-state index contributed by atoms with van der Waals surface area (Å²) in [6.07, 6.45) is 0. The molecule has 0 aromatic rings. The Balaban J connectivity index is 3.75. The Bertz CT molecular complexity index is 74.1. The Morgan fingerprint density at radius 1 is 1.00 bits per heavy atom. The van der Waals surface area contributed by atoms with Crippen LogP contribution in [-0.2, 0) is 0 Å². The molecule has 0 fully saturated rings. The molecule has 0 rings (SSSR count). The molecule has 0 saturated carbocycles. The van der Waals surface area contributed by atoms with E-state index in [0.717, 1.165) is 0 Å². The van der Waals surface area contributed by atoms with Crippen molar-refractivity contribution in [3.05, 3.63) is 0 Å². The first kappa shape index (κ1) is 9.78. The second-order valence-electron chi connectivity index (χ2n) is 5.01. The molecule has 0 N–H and O–H groups in total. The number of rotatable bonds is 2. The summed E-state index contributed by atoms with van der Waals surface area (Å²) in [7, 11) is -0.716. The minimum atomic E-state index is -1.03. The van der Waals surface area contributed by atoms with Crippen molar-refractivity contribution in [2.45, 2.75) is 41.6 Å². The molecule has 0 aromatic heterocycles. The molecule has 0 bridgehead atoms. The van der Waals surface area contributed by atoms with Gasteiger partial charge in [-0.05, 0) is 0 Å².